The van der Waals surface area contributed by atoms with Crippen LogP contribution in [0.1, 0.15) is 24.0 Å². The van der Waals surface area contributed by atoms with Crippen LogP contribution in [0.15, 0.2) is 54.1 Å². The first-order valence-electron chi connectivity index (χ1n) is 8.49. The predicted molar refractivity (Wildman–Crippen MR) is 97.4 cm³/mol. The standard InChI is InChI=1S/C20H17N5/c21-12-15-18(22)25-17-10-4-3-9-16(17)23-19(25)24-20(15)11-5-7-13-6-1-2-8-14(13)20/h1-4,6,8-10H,5,7,11,22H2,(H,23,24). The van der Waals surface area contributed by atoms with E-state index in [0.717, 1.165) is 35.9 Å². The van der Waals surface area contributed by atoms with E-state index in [2.05, 4.69) is 29.6 Å². The molecule has 5 rings (SSSR count). The van der Waals surface area contributed by atoms with Gasteiger partial charge in [-0.15, -0.1) is 0 Å². The number of rotatable bonds is 0. The monoisotopic (exact) mass is 327 g/mol. The van der Waals surface area contributed by atoms with Crippen LogP contribution in [-0.2, 0) is 12.0 Å². The van der Waals surface area contributed by atoms with Crippen molar-refractivity contribution in [1.82, 2.24) is 9.55 Å². The zero-order chi connectivity index (χ0) is 17.0. The van der Waals surface area contributed by atoms with Gasteiger partial charge in [0.05, 0.1) is 11.0 Å². The molecule has 1 aliphatic heterocycles. The van der Waals surface area contributed by atoms with Gasteiger partial charge in [-0.3, -0.25) is 4.57 Å². The van der Waals surface area contributed by atoms with Gasteiger partial charge in [-0.05, 0) is 42.5 Å². The summed E-state index contributed by atoms with van der Waals surface area (Å²) < 4.78 is 1.86. The van der Waals surface area contributed by atoms with Gasteiger partial charge in [-0.25, -0.2) is 4.98 Å². The van der Waals surface area contributed by atoms with Gasteiger partial charge in [0.25, 0.3) is 0 Å². The molecule has 25 heavy (non-hydrogen) atoms. The van der Waals surface area contributed by atoms with Gasteiger partial charge in [0.15, 0.2) is 0 Å². The number of anilines is 1. The Hall–Kier alpha value is -3.26. The van der Waals surface area contributed by atoms with E-state index in [4.69, 9.17) is 10.7 Å². The first-order chi connectivity index (χ1) is 12.2. The van der Waals surface area contributed by atoms with Gasteiger partial charge in [0, 0.05) is 0 Å². The molecule has 1 atom stereocenters. The third kappa shape index (κ3) is 1.74. The molecule has 0 fully saturated rings. The van der Waals surface area contributed by atoms with Crippen molar-refractivity contribution in [1.29, 1.82) is 5.26 Å². The molecule has 0 radical (unpaired) electrons. The number of para-hydroxylation sites is 2. The Morgan fingerprint density at radius 3 is 2.84 bits per heavy atom. The van der Waals surface area contributed by atoms with Gasteiger partial charge < -0.3 is 11.1 Å². The molecule has 1 spiro atoms. The van der Waals surface area contributed by atoms with E-state index in [1.165, 1.54) is 5.56 Å². The molecule has 0 bridgehead atoms. The molecule has 0 amide bonds. The highest BCUT2D eigenvalue weighted by Crippen LogP contribution is 2.47. The summed E-state index contributed by atoms with van der Waals surface area (Å²) in [6.45, 7) is 0. The SMILES string of the molecule is N#CC1=C(N)n2c(nc3ccccc32)NC12CCCc1ccccc12. The topological polar surface area (TPSA) is 79.7 Å². The Morgan fingerprint density at radius 2 is 1.96 bits per heavy atom. The Labute approximate surface area is 145 Å². The fourth-order valence-electron chi connectivity index (χ4n) is 4.31. The van der Waals surface area contributed by atoms with Crippen LogP contribution < -0.4 is 11.1 Å². The zero-order valence-corrected chi connectivity index (χ0v) is 13.7. The number of hydrogen-bond acceptors (Lipinski definition) is 4. The number of aromatic nitrogens is 2. The Bertz CT molecular complexity index is 1080. The van der Waals surface area contributed by atoms with Gasteiger partial charge in [-0.2, -0.15) is 5.26 Å². The minimum absolute atomic E-state index is 0.474. The van der Waals surface area contributed by atoms with Crippen molar-refractivity contribution < 1.29 is 0 Å². The molecule has 1 unspecified atom stereocenters. The molecule has 0 saturated heterocycles. The molecule has 3 N–H and O–H groups in total. The van der Waals surface area contributed by atoms with Crippen LogP contribution in [0.4, 0.5) is 5.95 Å². The molecule has 5 nitrogen and oxygen atoms in total. The van der Waals surface area contributed by atoms with E-state index < -0.39 is 5.54 Å². The molecular weight excluding hydrogens is 310 g/mol. The lowest BCUT2D eigenvalue weighted by Crippen LogP contribution is -2.45. The summed E-state index contributed by atoms with van der Waals surface area (Å²) in [5.41, 5.74) is 10.7. The molecule has 1 aromatic heterocycles. The molecule has 3 aromatic rings. The molecule has 0 saturated carbocycles. The molecule has 2 aliphatic rings. The average Bonchev–Trinajstić information content (AvgIpc) is 3.00. The molecular formula is C20H17N5. The largest absolute Gasteiger partial charge is 0.384 e. The van der Waals surface area contributed by atoms with Crippen molar-refractivity contribution in [2.75, 3.05) is 5.32 Å². The number of fused-ring (bicyclic) bond motifs is 5. The van der Waals surface area contributed by atoms with E-state index in [9.17, 15) is 5.26 Å². The van der Waals surface area contributed by atoms with Crippen LogP contribution >= 0.6 is 0 Å². The predicted octanol–water partition coefficient (Wildman–Crippen LogP) is 3.34. The van der Waals surface area contributed by atoms with Crippen LogP contribution in [0, 0.1) is 11.3 Å². The Balaban J connectivity index is 1.84. The summed E-state index contributed by atoms with van der Waals surface area (Å²) in [5.74, 6) is 1.18. The van der Waals surface area contributed by atoms with E-state index >= 15 is 0 Å². The number of imidazole rings is 1. The number of nitrogens with zero attached hydrogens (tertiary/aromatic N) is 3. The third-order valence-electron chi connectivity index (χ3n) is 5.40. The normalized spacial score (nSPS) is 21.6. The van der Waals surface area contributed by atoms with Crippen molar-refractivity contribution in [2.45, 2.75) is 24.8 Å². The summed E-state index contributed by atoms with van der Waals surface area (Å²) in [7, 11) is 0. The average molecular weight is 327 g/mol. The molecule has 2 heterocycles. The first-order valence-corrected chi connectivity index (χ1v) is 8.49. The summed E-state index contributed by atoms with van der Waals surface area (Å²) in [5, 5.41) is 13.6. The van der Waals surface area contributed by atoms with Gasteiger partial charge in [0.2, 0.25) is 5.95 Å². The van der Waals surface area contributed by atoms with Crippen LogP contribution in [0.2, 0.25) is 0 Å². The molecule has 5 heteroatoms. The van der Waals surface area contributed by atoms with Gasteiger partial charge in [-0.1, -0.05) is 36.4 Å². The maximum atomic E-state index is 9.98. The maximum Gasteiger partial charge on any atom is 0.210 e. The summed E-state index contributed by atoms with van der Waals surface area (Å²) in [4.78, 5) is 4.72. The quantitative estimate of drug-likeness (QED) is 0.663. The highest BCUT2D eigenvalue weighted by Gasteiger charge is 2.45. The summed E-state index contributed by atoms with van der Waals surface area (Å²) >= 11 is 0. The highest BCUT2D eigenvalue weighted by molar-refractivity contribution is 5.86. The second-order valence-corrected chi connectivity index (χ2v) is 6.67. The fourth-order valence-corrected chi connectivity index (χ4v) is 4.31. The van der Waals surface area contributed by atoms with Crippen molar-refractivity contribution in [3.05, 3.63) is 65.2 Å². The highest BCUT2D eigenvalue weighted by atomic mass is 15.3. The lowest BCUT2D eigenvalue weighted by Gasteiger charge is -2.42. The van der Waals surface area contributed by atoms with Gasteiger partial charge in [0.1, 0.15) is 23.0 Å². The van der Waals surface area contributed by atoms with Crippen molar-refractivity contribution in [3.63, 3.8) is 0 Å². The number of benzene rings is 2. The van der Waals surface area contributed by atoms with E-state index in [-0.39, 0.29) is 0 Å². The van der Waals surface area contributed by atoms with Gasteiger partial charge >= 0.3 is 0 Å². The van der Waals surface area contributed by atoms with Crippen molar-refractivity contribution in [3.8, 4) is 6.07 Å². The summed E-state index contributed by atoms with van der Waals surface area (Å²) in [6.07, 6.45) is 2.86. The second kappa shape index (κ2) is 4.87. The number of aryl methyl sites for hydroxylation is 1. The lowest BCUT2D eigenvalue weighted by molar-refractivity contribution is 0.468. The minimum Gasteiger partial charge on any atom is -0.384 e. The van der Waals surface area contributed by atoms with Crippen LogP contribution in [0.3, 0.4) is 0 Å². The van der Waals surface area contributed by atoms with E-state index in [1.54, 1.807) is 0 Å². The number of hydrogen-bond donors (Lipinski definition) is 2. The maximum absolute atomic E-state index is 9.98. The second-order valence-electron chi connectivity index (χ2n) is 6.67. The number of nitrogens with two attached hydrogens (primary N) is 1. The van der Waals surface area contributed by atoms with Crippen LogP contribution in [0.5, 0.6) is 0 Å². The van der Waals surface area contributed by atoms with Crippen LogP contribution in [-0.4, -0.2) is 9.55 Å². The molecule has 122 valence electrons. The Morgan fingerprint density at radius 1 is 1.16 bits per heavy atom. The Kier molecular flexibility index (Phi) is 2.75. The van der Waals surface area contributed by atoms with Crippen molar-refractivity contribution >= 4 is 22.8 Å². The first kappa shape index (κ1) is 14.1. The smallest absolute Gasteiger partial charge is 0.210 e. The third-order valence-corrected chi connectivity index (χ3v) is 5.40. The van der Waals surface area contributed by atoms with E-state index in [0.29, 0.717) is 17.3 Å². The summed E-state index contributed by atoms with van der Waals surface area (Å²) in [6, 6.07) is 18.6. The lowest BCUT2D eigenvalue weighted by atomic mass is 9.71. The molecule has 2 aromatic carbocycles. The number of nitriles is 1. The van der Waals surface area contributed by atoms with Crippen molar-refractivity contribution in [2.24, 2.45) is 5.73 Å². The van der Waals surface area contributed by atoms with E-state index in [1.807, 2.05) is 34.9 Å². The minimum atomic E-state index is -0.592. The van der Waals surface area contributed by atoms with Crippen LogP contribution in [0.25, 0.3) is 16.9 Å². The molecule has 1 aliphatic carbocycles. The number of nitrogens with one attached hydrogen (secondary N) is 1. The zero-order valence-electron chi connectivity index (χ0n) is 13.7. The fraction of sp³-hybridized carbons (Fsp3) is 0.200.